The van der Waals surface area contributed by atoms with Crippen LogP contribution < -0.4 is 4.90 Å². The van der Waals surface area contributed by atoms with Crippen LogP contribution in [0.15, 0.2) is 67.1 Å². The summed E-state index contributed by atoms with van der Waals surface area (Å²) in [5.74, 6) is 0.906. The molecule has 4 aromatic rings. The Labute approximate surface area is 182 Å². The molecule has 0 bridgehead atoms. The van der Waals surface area contributed by atoms with E-state index in [-0.39, 0.29) is 0 Å². The summed E-state index contributed by atoms with van der Waals surface area (Å²) >= 11 is 0. The summed E-state index contributed by atoms with van der Waals surface area (Å²) < 4.78 is 4.47. The Hall–Kier alpha value is -3.34. The van der Waals surface area contributed by atoms with Gasteiger partial charge in [0.15, 0.2) is 5.82 Å². The van der Waals surface area contributed by atoms with Crippen LogP contribution in [0.2, 0.25) is 0 Å². The van der Waals surface area contributed by atoms with Crippen molar-refractivity contribution in [2.24, 2.45) is 5.41 Å². The smallest absolute Gasteiger partial charge is 0.185 e. The predicted octanol–water partition coefficient (Wildman–Crippen LogP) is 5.14. The zero-order chi connectivity index (χ0) is 20.4. The van der Waals surface area contributed by atoms with E-state index in [9.17, 15) is 0 Å². The van der Waals surface area contributed by atoms with Crippen molar-refractivity contribution in [1.82, 2.24) is 19.3 Å². The number of hydrogen-bond acceptors (Lipinski definition) is 3. The highest BCUT2D eigenvalue weighted by Gasteiger charge is 2.42. The standard InChI is InChI=1S/C26H25N5/c1-2-5-19(6-3-1)20-14-24-25-28-27-18-31(25)23-8-7-22(13-21(23)16-30(24)15-20)29-12-11-26(17-29)9-4-10-26/h1-3,5-8,13-15,18H,4,9-12,16-17H2. The van der Waals surface area contributed by atoms with Crippen LogP contribution in [0.1, 0.15) is 31.2 Å². The third-order valence-corrected chi connectivity index (χ3v) is 7.66. The SMILES string of the molecule is c1ccc(-c2cc3n(c2)Cc2cc(N4CCC5(CCC5)C4)ccc2-n2cnnc2-3)cc1. The molecule has 1 saturated carbocycles. The largest absolute Gasteiger partial charge is 0.371 e. The average molecular weight is 408 g/mol. The molecule has 5 heteroatoms. The molecule has 2 fully saturated rings. The molecule has 3 aliphatic rings. The van der Waals surface area contributed by atoms with Crippen LogP contribution in [-0.2, 0) is 6.54 Å². The molecule has 0 N–H and O–H groups in total. The fourth-order valence-electron chi connectivity index (χ4n) is 5.76. The number of anilines is 1. The Morgan fingerprint density at radius 1 is 0.903 bits per heavy atom. The monoisotopic (exact) mass is 407 g/mol. The van der Waals surface area contributed by atoms with Crippen molar-refractivity contribution in [2.45, 2.75) is 32.2 Å². The molecule has 2 aromatic heterocycles. The van der Waals surface area contributed by atoms with Gasteiger partial charge in [-0.15, -0.1) is 10.2 Å². The van der Waals surface area contributed by atoms with Gasteiger partial charge in [0.2, 0.25) is 0 Å². The van der Waals surface area contributed by atoms with Gasteiger partial charge in [0.1, 0.15) is 6.33 Å². The molecule has 4 heterocycles. The minimum absolute atomic E-state index is 0.604. The quantitative estimate of drug-likeness (QED) is 0.406. The van der Waals surface area contributed by atoms with E-state index in [4.69, 9.17) is 0 Å². The maximum absolute atomic E-state index is 4.48. The van der Waals surface area contributed by atoms with Gasteiger partial charge < -0.3 is 9.47 Å². The van der Waals surface area contributed by atoms with Crippen molar-refractivity contribution in [1.29, 1.82) is 0 Å². The van der Waals surface area contributed by atoms with Crippen molar-refractivity contribution in [3.05, 3.63) is 72.7 Å². The van der Waals surface area contributed by atoms with E-state index in [0.29, 0.717) is 5.41 Å². The number of nitrogens with zero attached hydrogens (tertiary/aromatic N) is 5. The van der Waals surface area contributed by atoms with E-state index in [1.807, 2.05) is 6.33 Å². The van der Waals surface area contributed by atoms with E-state index < -0.39 is 0 Å². The van der Waals surface area contributed by atoms with E-state index in [1.165, 1.54) is 66.8 Å². The Morgan fingerprint density at radius 3 is 2.61 bits per heavy atom. The third kappa shape index (κ3) is 2.62. The highest BCUT2D eigenvalue weighted by atomic mass is 15.3. The first-order valence-electron chi connectivity index (χ1n) is 11.3. The summed E-state index contributed by atoms with van der Waals surface area (Å²) in [6.07, 6.45) is 9.68. The van der Waals surface area contributed by atoms with Gasteiger partial charge >= 0.3 is 0 Å². The molecular weight excluding hydrogens is 382 g/mol. The van der Waals surface area contributed by atoms with Gasteiger partial charge in [0.05, 0.1) is 11.4 Å². The van der Waals surface area contributed by atoms with Crippen molar-refractivity contribution >= 4 is 5.69 Å². The maximum atomic E-state index is 4.48. The molecule has 5 nitrogen and oxygen atoms in total. The maximum Gasteiger partial charge on any atom is 0.185 e. The predicted molar refractivity (Wildman–Crippen MR) is 122 cm³/mol. The number of fused-ring (bicyclic) bond motifs is 5. The van der Waals surface area contributed by atoms with Gasteiger partial charge in [0, 0.05) is 37.1 Å². The van der Waals surface area contributed by atoms with Crippen LogP contribution >= 0.6 is 0 Å². The van der Waals surface area contributed by atoms with Crippen molar-refractivity contribution < 1.29 is 0 Å². The van der Waals surface area contributed by atoms with E-state index in [2.05, 4.69) is 85.0 Å². The van der Waals surface area contributed by atoms with Gasteiger partial charge in [-0.2, -0.15) is 0 Å². The first-order valence-corrected chi connectivity index (χ1v) is 11.3. The second-order valence-corrected chi connectivity index (χ2v) is 9.47. The number of hydrogen-bond donors (Lipinski definition) is 0. The van der Waals surface area contributed by atoms with Crippen LogP contribution in [0.3, 0.4) is 0 Å². The molecule has 7 rings (SSSR count). The first-order chi connectivity index (χ1) is 15.3. The molecule has 0 unspecified atom stereocenters. The molecule has 0 radical (unpaired) electrons. The van der Waals surface area contributed by atoms with Crippen LogP contribution in [0.5, 0.6) is 0 Å². The lowest BCUT2D eigenvalue weighted by Gasteiger charge is -2.38. The Morgan fingerprint density at radius 2 is 1.81 bits per heavy atom. The number of aromatic nitrogens is 4. The Balaban J connectivity index is 1.31. The lowest BCUT2D eigenvalue weighted by Crippen LogP contribution is -2.33. The average Bonchev–Trinajstić information content (AvgIpc) is 3.51. The van der Waals surface area contributed by atoms with Crippen LogP contribution in [0.4, 0.5) is 5.69 Å². The van der Waals surface area contributed by atoms with Crippen molar-refractivity contribution in [3.8, 4) is 28.3 Å². The van der Waals surface area contributed by atoms with Gasteiger partial charge in [-0.1, -0.05) is 36.8 Å². The second kappa shape index (κ2) is 6.33. The topological polar surface area (TPSA) is 38.9 Å². The van der Waals surface area contributed by atoms with E-state index in [1.54, 1.807) is 0 Å². The fraction of sp³-hybridized carbons (Fsp3) is 0.308. The molecule has 1 saturated heterocycles. The molecule has 2 aliphatic heterocycles. The Kier molecular flexibility index (Phi) is 3.54. The molecule has 2 aromatic carbocycles. The molecule has 31 heavy (non-hydrogen) atoms. The van der Waals surface area contributed by atoms with Gasteiger partial charge in [-0.05, 0) is 60.1 Å². The highest BCUT2D eigenvalue weighted by Crippen LogP contribution is 2.49. The molecule has 154 valence electrons. The normalized spacial score (nSPS) is 18.3. The lowest BCUT2D eigenvalue weighted by molar-refractivity contribution is 0.165. The van der Waals surface area contributed by atoms with E-state index >= 15 is 0 Å². The molecule has 0 atom stereocenters. The summed E-state index contributed by atoms with van der Waals surface area (Å²) in [7, 11) is 0. The summed E-state index contributed by atoms with van der Waals surface area (Å²) in [6, 6.07) is 19.7. The summed E-state index contributed by atoms with van der Waals surface area (Å²) in [5, 5.41) is 8.74. The summed E-state index contributed by atoms with van der Waals surface area (Å²) in [5.41, 5.74) is 8.03. The van der Waals surface area contributed by atoms with E-state index in [0.717, 1.165) is 18.1 Å². The van der Waals surface area contributed by atoms with Crippen LogP contribution in [-0.4, -0.2) is 32.4 Å². The zero-order valence-electron chi connectivity index (χ0n) is 17.5. The molecule has 1 spiro atoms. The first kappa shape index (κ1) is 17.4. The van der Waals surface area contributed by atoms with Crippen LogP contribution in [0.25, 0.3) is 28.3 Å². The lowest BCUT2D eigenvalue weighted by atomic mass is 9.68. The van der Waals surface area contributed by atoms with Gasteiger partial charge in [-0.25, -0.2) is 0 Å². The third-order valence-electron chi connectivity index (χ3n) is 7.66. The van der Waals surface area contributed by atoms with Crippen molar-refractivity contribution in [3.63, 3.8) is 0 Å². The van der Waals surface area contributed by atoms with Crippen LogP contribution in [0, 0.1) is 5.41 Å². The summed E-state index contributed by atoms with van der Waals surface area (Å²) in [4.78, 5) is 2.60. The summed E-state index contributed by atoms with van der Waals surface area (Å²) in [6.45, 7) is 3.24. The minimum Gasteiger partial charge on any atom is -0.371 e. The van der Waals surface area contributed by atoms with Crippen molar-refractivity contribution in [2.75, 3.05) is 18.0 Å². The molecule has 0 amide bonds. The Bertz CT molecular complexity index is 1280. The number of rotatable bonds is 2. The molecule has 1 aliphatic carbocycles. The highest BCUT2D eigenvalue weighted by molar-refractivity contribution is 5.72. The fourth-order valence-corrected chi connectivity index (χ4v) is 5.76. The van der Waals surface area contributed by atoms with Gasteiger partial charge in [0.25, 0.3) is 0 Å². The number of benzene rings is 2. The second-order valence-electron chi connectivity index (χ2n) is 9.47. The van der Waals surface area contributed by atoms with Gasteiger partial charge in [-0.3, -0.25) is 4.57 Å². The zero-order valence-corrected chi connectivity index (χ0v) is 17.5. The minimum atomic E-state index is 0.604. The molecular formula is C26H25N5.